The molecule has 0 N–H and O–H groups in total. The molecule has 3 aromatic heterocycles. The van der Waals surface area contributed by atoms with Gasteiger partial charge in [0.25, 0.3) is 0 Å². The van der Waals surface area contributed by atoms with E-state index < -0.39 is 0 Å². The van der Waals surface area contributed by atoms with Gasteiger partial charge in [0.2, 0.25) is 0 Å². The Labute approximate surface area is 78.1 Å². The Bertz CT molecular complexity index is 523. The van der Waals surface area contributed by atoms with Crippen molar-refractivity contribution in [1.29, 1.82) is 0 Å². The quantitative estimate of drug-likeness (QED) is 0.541. The maximum Gasteiger partial charge on any atom is 0.178 e. The lowest BCUT2D eigenvalue weighted by molar-refractivity contribution is 1.29. The van der Waals surface area contributed by atoms with Gasteiger partial charge in [-0.3, -0.25) is 0 Å². The van der Waals surface area contributed by atoms with Gasteiger partial charge in [-0.2, -0.15) is 0 Å². The van der Waals surface area contributed by atoms with Gasteiger partial charge in [-0.05, 0) is 12.1 Å². The van der Waals surface area contributed by atoms with Crippen LogP contribution in [0.15, 0.2) is 29.1 Å². The minimum absolute atomic E-state index is 0.716. The maximum absolute atomic E-state index is 4.42. The van der Waals surface area contributed by atoms with Crippen molar-refractivity contribution in [3.8, 4) is 0 Å². The molecular weight excluding hydrogens is 182 g/mol. The Balaban J connectivity index is 2.57. The standard InChI is InChI=1S/C9H5N3S/c1-2-6-9(10-3-1)12-8-5-13-4-7(8)11-6/h1-5H. The third-order valence-electron chi connectivity index (χ3n) is 1.86. The van der Waals surface area contributed by atoms with Crippen LogP contribution in [0.4, 0.5) is 0 Å². The van der Waals surface area contributed by atoms with E-state index in [2.05, 4.69) is 15.0 Å². The van der Waals surface area contributed by atoms with Crippen LogP contribution >= 0.6 is 11.3 Å². The summed E-state index contributed by atoms with van der Waals surface area (Å²) in [5, 5.41) is 3.98. The molecule has 3 aromatic rings. The van der Waals surface area contributed by atoms with E-state index in [9.17, 15) is 0 Å². The van der Waals surface area contributed by atoms with Gasteiger partial charge in [-0.15, -0.1) is 11.3 Å². The molecule has 0 aliphatic heterocycles. The third kappa shape index (κ3) is 0.990. The van der Waals surface area contributed by atoms with E-state index in [0.29, 0.717) is 5.65 Å². The zero-order chi connectivity index (χ0) is 8.67. The lowest BCUT2D eigenvalue weighted by Gasteiger charge is -1.93. The lowest BCUT2D eigenvalue weighted by atomic mass is 10.4. The molecule has 0 aliphatic carbocycles. The van der Waals surface area contributed by atoms with Crippen molar-refractivity contribution in [2.24, 2.45) is 0 Å². The fourth-order valence-corrected chi connectivity index (χ4v) is 1.93. The van der Waals surface area contributed by atoms with Crippen LogP contribution in [0.25, 0.3) is 22.2 Å². The highest BCUT2D eigenvalue weighted by molar-refractivity contribution is 7.09. The van der Waals surface area contributed by atoms with Crippen molar-refractivity contribution in [2.75, 3.05) is 0 Å². The molecule has 0 saturated heterocycles. The van der Waals surface area contributed by atoms with E-state index in [0.717, 1.165) is 16.6 Å². The summed E-state index contributed by atoms with van der Waals surface area (Å²) in [6, 6.07) is 3.79. The first-order valence-corrected chi connectivity index (χ1v) is 4.82. The van der Waals surface area contributed by atoms with Gasteiger partial charge in [0.15, 0.2) is 5.65 Å². The van der Waals surface area contributed by atoms with Gasteiger partial charge in [-0.25, -0.2) is 15.0 Å². The first-order valence-electron chi connectivity index (χ1n) is 3.88. The largest absolute Gasteiger partial charge is 0.242 e. The molecule has 0 saturated carbocycles. The number of fused-ring (bicyclic) bond motifs is 2. The average molecular weight is 187 g/mol. The highest BCUT2D eigenvalue weighted by atomic mass is 32.1. The molecule has 0 bridgehead atoms. The first kappa shape index (κ1) is 6.91. The van der Waals surface area contributed by atoms with E-state index in [-0.39, 0.29) is 0 Å². The molecule has 3 rings (SSSR count). The van der Waals surface area contributed by atoms with Crippen LogP contribution < -0.4 is 0 Å². The number of nitrogens with zero attached hydrogens (tertiary/aromatic N) is 3. The van der Waals surface area contributed by atoms with E-state index in [1.54, 1.807) is 17.5 Å². The molecule has 0 aromatic carbocycles. The molecule has 0 atom stereocenters. The predicted octanol–water partition coefficient (Wildman–Crippen LogP) is 2.24. The molecule has 62 valence electrons. The van der Waals surface area contributed by atoms with Gasteiger partial charge < -0.3 is 0 Å². The highest BCUT2D eigenvalue weighted by Crippen LogP contribution is 2.17. The smallest absolute Gasteiger partial charge is 0.178 e. The Hall–Kier alpha value is -1.55. The van der Waals surface area contributed by atoms with E-state index in [4.69, 9.17) is 0 Å². The number of thiophene rings is 1. The molecule has 4 heteroatoms. The molecule has 0 unspecified atom stereocenters. The number of aromatic nitrogens is 3. The molecular formula is C9H5N3S. The summed E-state index contributed by atoms with van der Waals surface area (Å²) in [5.41, 5.74) is 3.45. The van der Waals surface area contributed by atoms with Gasteiger partial charge in [0.1, 0.15) is 16.6 Å². The van der Waals surface area contributed by atoms with Crippen molar-refractivity contribution >= 4 is 33.5 Å². The Morgan fingerprint density at radius 3 is 2.77 bits per heavy atom. The topological polar surface area (TPSA) is 38.7 Å². The van der Waals surface area contributed by atoms with Crippen molar-refractivity contribution < 1.29 is 0 Å². The zero-order valence-corrected chi connectivity index (χ0v) is 7.45. The second-order valence-electron chi connectivity index (χ2n) is 2.71. The van der Waals surface area contributed by atoms with Crippen LogP contribution in [0.1, 0.15) is 0 Å². The SMILES string of the molecule is c1cnc2nc3cscc3nc2c1. The zero-order valence-electron chi connectivity index (χ0n) is 6.64. The van der Waals surface area contributed by atoms with Crippen LogP contribution in [0.2, 0.25) is 0 Å². The van der Waals surface area contributed by atoms with Crippen LogP contribution in [0, 0.1) is 0 Å². The summed E-state index contributed by atoms with van der Waals surface area (Å²) in [6.07, 6.45) is 1.73. The van der Waals surface area contributed by atoms with Crippen molar-refractivity contribution in [2.45, 2.75) is 0 Å². The summed E-state index contributed by atoms with van der Waals surface area (Å²) >= 11 is 1.61. The van der Waals surface area contributed by atoms with Gasteiger partial charge in [0, 0.05) is 17.0 Å². The number of hydrogen-bond donors (Lipinski definition) is 0. The molecule has 0 spiro atoms. The average Bonchev–Trinajstić information content (AvgIpc) is 2.61. The van der Waals surface area contributed by atoms with Gasteiger partial charge >= 0.3 is 0 Å². The predicted molar refractivity (Wildman–Crippen MR) is 52.7 cm³/mol. The maximum atomic E-state index is 4.42. The Morgan fingerprint density at radius 1 is 1.00 bits per heavy atom. The van der Waals surface area contributed by atoms with Crippen molar-refractivity contribution in [3.63, 3.8) is 0 Å². The summed E-state index contributed by atoms with van der Waals surface area (Å²) in [4.78, 5) is 12.9. The van der Waals surface area contributed by atoms with E-state index >= 15 is 0 Å². The highest BCUT2D eigenvalue weighted by Gasteiger charge is 2.00. The fraction of sp³-hybridized carbons (Fsp3) is 0. The molecule has 13 heavy (non-hydrogen) atoms. The van der Waals surface area contributed by atoms with Crippen molar-refractivity contribution in [3.05, 3.63) is 29.1 Å². The monoisotopic (exact) mass is 187 g/mol. The Morgan fingerprint density at radius 2 is 1.85 bits per heavy atom. The van der Waals surface area contributed by atoms with Crippen LogP contribution in [0.5, 0.6) is 0 Å². The number of pyridine rings is 1. The lowest BCUT2D eigenvalue weighted by Crippen LogP contribution is -1.86. The molecule has 3 nitrogen and oxygen atoms in total. The first-order chi connectivity index (χ1) is 6.43. The second-order valence-corrected chi connectivity index (χ2v) is 3.46. The van der Waals surface area contributed by atoms with E-state index in [1.807, 2.05) is 22.9 Å². The summed E-state index contributed by atoms with van der Waals surface area (Å²) < 4.78 is 0. The molecule has 0 aliphatic rings. The minimum Gasteiger partial charge on any atom is -0.242 e. The number of hydrogen-bond acceptors (Lipinski definition) is 4. The molecule has 0 fully saturated rings. The summed E-state index contributed by atoms with van der Waals surface area (Å²) in [6.45, 7) is 0. The van der Waals surface area contributed by atoms with Crippen LogP contribution in [0.3, 0.4) is 0 Å². The summed E-state index contributed by atoms with van der Waals surface area (Å²) in [5.74, 6) is 0. The fourth-order valence-electron chi connectivity index (χ4n) is 1.26. The summed E-state index contributed by atoms with van der Waals surface area (Å²) in [7, 11) is 0. The minimum atomic E-state index is 0.716. The Kier molecular flexibility index (Phi) is 1.31. The second kappa shape index (κ2) is 2.47. The van der Waals surface area contributed by atoms with Gasteiger partial charge in [0.05, 0.1) is 0 Å². The molecule has 0 radical (unpaired) electrons. The number of rotatable bonds is 0. The normalized spacial score (nSPS) is 11.1. The van der Waals surface area contributed by atoms with Gasteiger partial charge in [-0.1, -0.05) is 0 Å². The molecule has 0 amide bonds. The third-order valence-corrected chi connectivity index (χ3v) is 2.57. The van der Waals surface area contributed by atoms with Crippen molar-refractivity contribution in [1.82, 2.24) is 15.0 Å². The van der Waals surface area contributed by atoms with Crippen LogP contribution in [-0.2, 0) is 0 Å². The van der Waals surface area contributed by atoms with Crippen LogP contribution in [-0.4, -0.2) is 15.0 Å². The van der Waals surface area contributed by atoms with E-state index in [1.165, 1.54) is 0 Å². The molecule has 3 heterocycles.